The van der Waals surface area contributed by atoms with Gasteiger partial charge in [0.15, 0.2) is 0 Å². The first kappa shape index (κ1) is 15.7. The van der Waals surface area contributed by atoms with Crippen LogP contribution in [0.2, 0.25) is 0 Å². The highest BCUT2D eigenvalue weighted by Gasteiger charge is 2.31. The molecule has 2 rings (SSSR count). The molecular weight excluding hydrogens is 269 g/mol. The first-order valence-electron chi connectivity index (χ1n) is 7.80. The zero-order chi connectivity index (χ0) is 14.4. The Hall–Kier alpha value is -0.700. The van der Waals surface area contributed by atoms with E-state index in [1.807, 2.05) is 12.1 Å². The number of halogens is 1. The molecule has 1 fully saturated rings. The summed E-state index contributed by atoms with van der Waals surface area (Å²) in [5.74, 6) is 0.785. The van der Waals surface area contributed by atoms with Crippen LogP contribution in [0.3, 0.4) is 0 Å². The summed E-state index contributed by atoms with van der Waals surface area (Å²) < 4.78 is 13.1. The SMILES string of the molecule is CCN(CC1(CS)CCCCCC1)c1ccc(F)cc1. The maximum absolute atomic E-state index is 13.1. The number of hydrogen-bond donors (Lipinski definition) is 1. The Bertz CT molecular complexity index is 396. The van der Waals surface area contributed by atoms with Crippen molar-refractivity contribution in [3.8, 4) is 0 Å². The van der Waals surface area contributed by atoms with Gasteiger partial charge in [0.1, 0.15) is 5.82 Å². The van der Waals surface area contributed by atoms with Crippen molar-refractivity contribution in [3.63, 3.8) is 0 Å². The lowest BCUT2D eigenvalue weighted by molar-refractivity contribution is 0.290. The normalized spacial score (nSPS) is 18.6. The maximum Gasteiger partial charge on any atom is 0.123 e. The Morgan fingerprint density at radius 3 is 2.20 bits per heavy atom. The molecule has 1 aliphatic rings. The first-order chi connectivity index (χ1) is 9.69. The number of anilines is 1. The predicted octanol–water partition coefficient (Wildman–Crippen LogP) is 4.92. The van der Waals surface area contributed by atoms with Crippen LogP contribution in [0, 0.1) is 11.2 Å². The van der Waals surface area contributed by atoms with Gasteiger partial charge < -0.3 is 4.90 Å². The van der Waals surface area contributed by atoms with Gasteiger partial charge in [-0.1, -0.05) is 25.7 Å². The molecular formula is C17H26FNS. The minimum absolute atomic E-state index is 0.164. The molecule has 0 N–H and O–H groups in total. The number of hydrogen-bond acceptors (Lipinski definition) is 2. The third-order valence-corrected chi connectivity index (χ3v) is 5.27. The molecule has 1 aromatic carbocycles. The Morgan fingerprint density at radius 1 is 1.10 bits per heavy atom. The highest BCUT2D eigenvalue weighted by atomic mass is 32.1. The second kappa shape index (κ2) is 7.35. The molecule has 20 heavy (non-hydrogen) atoms. The van der Waals surface area contributed by atoms with Crippen molar-refractivity contribution < 1.29 is 4.39 Å². The summed E-state index contributed by atoms with van der Waals surface area (Å²) in [5, 5.41) is 0. The Labute approximate surface area is 128 Å². The predicted molar refractivity (Wildman–Crippen MR) is 88.3 cm³/mol. The second-order valence-corrected chi connectivity index (χ2v) is 6.38. The van der Waals surface area contributed by atoms with Gasteiger partial charge >= 0.3 is 0 Å². The minimum atomic E-state index is -0.164. The van der Waals surface area contributed by atoms with E-state index in [2.05, 4.69) is 24.5 Å². The van der Waals surface area contributed by atoms with Gasteiger partial charge in [0.25, 0.3) is 0 Å². The van der Waals surface area contributed by atoms with Crippen LogP contribution in [-0.2, 0) is 0 Å². The number of thiol groups is 1. The average molecular weight is 295 g/mol. The van der Waals surface area contributed by atoms with Crippen molar-refractivity contribution >= 4 is 18.3 Å². The smallest absolute Gasteiger partial charge is 0.123 e. The Morgan fingerprint density at radius 2 is 1.70 bits per heavy atom. The molecule has 1 aliphatic carbocycles. The quantitative estimate of drug-likeness (QED) is 0.596. The van der Waals surface area contributed by atoms with E-state index in [4.69, 9.17) is 0 Å². The van der Waals surface area contributed by atoms with Gasteiger partial charge in [0.05, 0.1) is 0 Å². The zero-order valence-electron chi connectivity index (χ0n) is 12.4. The van der Waals surface area contributed by atoms with E-state index >= 15 is 0 Å². The largest absolute Gasteiger partial charge is 0.371 e. The lowest BCUT2D eigenvalue weighted by Crippen LogP contribution is -2.39. The number of benzene rings is 1. The van der Waals surface area contributed by atoms with E-state index in [1.54, 1.807) is 12.1 Å². The monoisotopic (exact) mass is 295 g/mol. The van der Waals surface area contributed by atoms with E-state index < -0.39 is 0 Å². The van der Waals surface area contributed by atoms with Crippen LogP contribution in [-0.4, -0.2) is 18.8 Å². The van der Waals surface area contributed by atoms with Crippen molar-refractivity contribution in [3.05, 3.63) is 30.1 Å². The molecule has 1 saturated carbocycles. The molecule has 0 aliphatic heterocycles. The summed E-state index contributed by atoms with van der Waals surface area (Å²) in [4.78, 5) is 2.38. The van der Waals surface area contributed by atoms with Gasteiger partial charge in [-0.15, -0.1) is 0 Å². The minimum Gasteiger partial charge on any atom is -0.371 e. The summed E-state index contributed by atoms with van der Waals surface area (Å²) >= 11 is 4.65. The van der Waals surface area contributed by atoms with Gasteiger partial charge in [-0.05, 0) is 55.2 Å². The van der Waals surface area contributed by atoms with Gasteiger partial charge in [-0.2, -0.15) is 12.6 Å². The van der Waals surface area contributed by atoms with E-state index in [9.17, 15) is 4.39 Å². The van der Waals surface area contributed by atoms with Gasteiger partial charge in [0.2, 0.25) is 0 Å². The third-order valence-electron chi connectivity index (χ3n) is 4.60. The van der Waals surface area contributed by atoms with Crippen LogP contribution < -0.4 is 4.90 Å². The van der Waals surface area contributed by atoms with Crippen molar-refractivity contribution in [1.29, 1.82) is 0 Å². The molecule has 0 saturated heterocycles. The standard InChI is InChI=1S/C17H26FNS/c1-2-19(16-9-7-15(18)8-10-16)13-17(14-20)11-5-3-4-6-12-17/h7-10,20H,2-6,11-14H2,1H3. The lowest BCUT2D eigenvalue weighted by Gasteiger charge is -2.38. The molecule has 0 amide bonds. The zero-order valence-corrected chi connectivity index (χ0v) is 13.3. The van der Waals surface area contributed by atoms with Crippen LogP contribution in [0.15, 0.2) is 24.3 Å². The maximum atomic E-state index is 13.1. The van der Waals surface area contributed by atoms with Crippen LogP contribution in [0.1, 0.15) is 45.4 Å². The van der Waals surface area contributed by atoms with Crippen LogP contribution >= 0.6 is 12.6 Å². The van der Waals surface area contributed by atoms with E-state index in [0.29, 0.717) is 5.41 Å². The van der Waals surface area contributed by atoms with Crippen molar-refractivity contribution in [2.24, 2.45) is 5.41 Å². The summed E-state index contributed by atoms with van der Waals surface area (Å²) in [5.41, 5.74) is 1.45. The van der Waals surface area contributed by atoms with Crippen LogP contribution in [0.25, 0.3) is 0 Å². The molecule has 1 nitrogen and oxygen atoms in total. The fraction of sp³-hybridized carbons (Fsp3) is 0.647. The molecule has 0 radical (unpaired) electrons. The lowest BCUT2D eigenvalue weighted by atomic mass is 9.81. The van der Waals surface area contributed by atoms with Gasteiger partial charge in [0, 0.05) is 18.8 Å². The summed E-state index contributed by atoms with van der Waals surface area (Å²) in [6.45, 7) is 4.17. The molecule has 0 atom stereocenters. The highest BCUT2D eigenvalue weighted by Crippen LogP contribution is 2.37. The fourth-order valence-corrected chi connectivity index (χ4v) is 3.70. The van der Waals surface area contributed by atoms with E-state index in [1.165, 1.54) is 38.5 Å². The number of rotatable bonds is 5. The second-order valence-electron chi connectivity index (χ2n) is 6.06. The molecule has 0 spiro atoms. The Balaban J connectivity index is 2.12. The van der Waals surface area contributed by atoms with Crippen molar-refractivity contribution in [2.45, 2.75) is 45.4 Å². The molecule has 3 heteroatoms. The fourth-order valence-electron chi connectivity index (χ4n) is 3.29. The summed E-state index contributed by atoms with van der Waals surface area (Å²) in [6, 6.07) is 6.89. The van der Waals surface area contributed by atoms with E-state index in [0.717, 1.165) is 24.5 Å². The molecule has 1 aromatic rings. The Kier molecular flexibility index (Phi) is 5.76. The third kappa shape index (κ3) is 3.91. The van der Waals surface area contributed by atoms with Crippen molar-refractivity contribution in [1.82, 2.24) is 0 Å². The molecule has 0 unspecified atom stereocenters. The van der Waals surface area contributed by atoms with Crippen LogP contribution in [0.4, 0.5) is 10.1 Å². The van der Waals surface area contributed by atoms with Gasteiger partial charge in [-0.25, -0.2) is 4.39 Å². The van der Waals surface area contributed by atoms with Crippen LogP contribution in [0.5, 0.6) is 0 Å². The van der Waals surface area contributed by atoms with Gasteiger partial charge in [-0.3, -0.25) is 0 Å². The molecule has 0 heterocycles. The first-order valence-corrected chi connectivity index (χ1v) is 8.44. The van der Waals surface area contributed by atoms with E-state index in [-0.39, 0.29) is 5.82 Å². The number of nitrogens with zero attached hydrogens (tertiary/aromatic N) is 1. The molecule has 0 bridgehead atoms. The molecule has 112 valence electrons. The highest BCUT2D eigenvalue weighted by molar-refractivity contribution is 7.80. The van der Waals surface area contributed by atoms with Crippen molar-refractivity contribution in [2.75, 3.05) is 23.7 Å². The molecule has 0 aromatic heterocycles. The average Bonchev–Trinajstić information content (AvgIpc) is 2.72. The topological polar surface area (TPSA) is 3.24 Å². The summed E-state index contributed by atoms with van der Waals surface area (Å²) in [6.07, 6.45) is 7.90. The summed E-state index contributed by atoms with van der Waals surface area (Å²) in [7, 11) is 0.